The van der Waals surface area contributed by atoms with Gasteiger partial charge in [-0.2, -0.15) is 0 Å². The van der Waals surface area contributed by atoms with Gasteiger partial charge in [-0.3, -0.25) is 9.36 Å². The number of carbonyl (C=O) groups excluding carboxylic acids is 1. The molecule has 0 saturated heterocycles. The largest absolute Gasteiger partial charge is 0.464 e. The summed E-state index contributed by atoms with van der Waals surface area (Å²) in [5.74, 6) is 0.160. The number of aromatic nitrogens is 1. The molecule has 0 fully saturated rings. The monoisotopic (exact) mass is 344 g/mol. The lowest BCUT2D eigenvalue weighted by Gasteiger charge is -2.19. The van der Waals surface area contributed by atoms with E-state index in [9.17, 15) is 14.7 Å². The molecule has 1 unspecified atom stereocenters. The molecule has 0 spiro atoms. The highest BCUT2D eigenvalue weighted by Gasteiger charge is 2.19. The van der Waals surface area contributed by atoms with E-state index in [1.807, 2.05) is 32.0 Å². The number of benzene rings is 1. The lowest BCUT2D eigenvalue weighted by atomic mass is 9.97. The van der Waals surface area contributed by atoms with Gasteiger partial charge in [0.15, 0.2) is 0 Å². The van der Waals surface area contributed by atoms with Gasteiger partial charge in [-0.15, -0.1) is 0 Å². The Morgan fingerprint density at radius 3 is 2.60 bits per heavy atom. The summed E-state index contributed by atoms with van der Waals surface area (Å²) in [4.78, 5) is 23.9. The number of rotatable bonds is 8. The van der Waals surface area contributed by atoms with E-state index < -0.39 is 6.09 Å². The molecule has 1 amide bonds. The Morgan fingerprint density at radius 2 is 1.96 bits per heavy atom. The van der Waals surface area contributed by atoms with Gasteiger partial charge in [0, 0.05) is 23.5 Å². The summed E-state index contributed by atoms with van der Waals surface area (Å²) in [5.41, 5.74) is 1.62. The average molecular weight is 344 g/mol. The number of unbranched alkanes of at least 4 members (excludes halogenated alkanes) is 1. The van der Waals surface area contributed by atoms with E-state index in [0.717, 1.165) is 36.6 Å². The van der Waals surface area contributed by atoms with Crippen LogP contribution >= 0.6 is 0 Å². The molecule has 2 N–H and O–H groups in total. The van der Waals surface area contributed by atoms with Gasteiger partial charge in [0.1, 0.15) is 0 Å². The van der Waals surface area contributed by atoms with Crippen LogP contribution in [0.1, 0.15) is 52.0 Å². The predicted molar refractivity (Wildman–Crippen MR) is 100.0 cm³/mol. The van der Waals surface area contributed by atoms with Crippen molar-refractivity contribution in [2.24, 2.45) is 5.92 Å². The van der Waals surface area contributed by atoms with Gasteiger partial charge < -0.3 is 10.4 Å². The number of amides is 1. The van der Waals surface area contributed by atoms with E-state index in [1.54, 1.807) is 12.3 Å². The Kier molecular flexibility index (Phi) is 6.62. The number of hydrogen-bond donors (Lipinski definition) is 2. The maximum absolute atomic E-state index is 12.4. The molecule has 0 aliphatic heterocycles. The summed E-state index contributed by atoms with van der Waals surface area (Å²) in [6.07, 6.45) is 5.19. The quantitative estimate of drug-likeness (QED) is 0.744. The van der Waals surface area contributed by atoms with Crippen molar-refractivity contribution in [3.05, 3.63) is 36.0 Å². The van der Waals surface area contributed by atoms with Crippen LogP contribution in [0.2, 0.25) is 0 Å². The first-order valence-electron chi connectivity index (χ1n) is 9.10. The summed E-state index contributed by atoms with van der Waals surface area (Å²) < 4.78 is 1.25. The Balaban J connectivity index is 2.10. The van der Waals surface area contributed by atoms with Crippen molar-refractivity contribution in [3.8, 4) is 0 Å². The van der Waals surface area contributed by atoms with Crippen molar-refractivity contribution in [1.82, 2.24) is 9.88 Å². The van der Waals surface area contributed by atoms with E-state index in [4.69, 9.17) is 0 Å². The fraction of sp³-hybridized carbons (Fsp3) is 0.500. The van der Waals surface area contributed by atoms with Crippen LogP contribution in [0.25, 0.3) is 10.9 Å². The third-order valence-electron chi connectivity index (χ3n) is 4.69. The second kappa shape index (κ2) is 8.70. The van der Waals surface area contributed by atoms with Gasteiger partial charge >= 0.3 is 6.09 Å². The van der Waals surface area contributed by atoms with Crippen molar-refractivity contribution >= 4 is 22.9 Å². The Hall–Kier alpha value is -2.30. The van der Waals surface area contributed by atoms with Crippen molar-refractivity contribution in [3.63, 3.8) is 0 Å². The topological polar surface area (TPSA) is 71.3 Å². The molecule has 0 aliphatic carbocycles. The van der Waals surface area contributed by atoms with Gasteiger partial charge in [-0.05, 0) is 37.8 Å². The molecular weight excluding hydrogens is 316 g/mol. The molecule has 2 rings (SSSR count). The number of para-hydroxylation sites is 1. The lowest BCUT2D eigenvalue weighted by Crippen LogP contribution is -2.38. The van der Waals surface area contributed by atoms with Crippen LogP contribution in [0.5, 0.6) is 0 Å². The first-order valence-corrected chi connectivity index (χ1v) is 9.10. The Bertz CT molecular complexity index is 736. The second-order valence-electron chi connectivity index (χ2n) is 6.69. The summed E-state index contributed by atoms with van der Waals surface area (Å²) in [5, 5.41) is 13.4. The minimum absolute atomic E-state index is 0.0452. The van der Waals surface area contributed by atoms with Crippen LogP contribution in [-0.4, -0.2) is 27.7 Å². The van der Waals surface area contributed by atoms with E-state index in [1.165, 1.54) is 4.57 Å². The molecule has 0 radical (unpaired) electrons. The minimum Gasteiger partial charge on any atom is -0.464 e. The van der Waals surface area contributed by atoms with Crippen molar-refractivity contribution < 1.29 is 14.7 Å². The third kappa shape index (κ3) is 4.62. The zero-order chi connectivity index (χ0) is 18.4. The first kappa shape index (κ1) is 19.0. The highest BCUT2D eigenvalue weighted by atomic mass is 16.4. The minimum atomic E-state index is -0.996. The number of nitrogens with zero attached hydrogens (tertiary/aromatic N) is 1. The summed E-state index contributed by atoms with van der Waals surface area (Å²) in [6, 6.07) is 7.41. The average Bonchev–Trinajstić information content (AvgIpc) is 2.94. The Morgan fingerprint density at radius 1 is 1.24 bits per heavy atom. The van der Waals surface area contributed by atoms with Gasteiger partial charge in [-0.25, -0.2) is 4.79 Å². The number of carboxylic acid groups (broad SMARTS) is 1. The van der Waals surface area contributed by atoms with E-state index >= 15 is 0 Å². The van der Waals surface area contributed by atoms with Gasteiger partial charge in [0.05, 0.1) is 5.52 Å². The molecular formula is C20H28N2O3. The standard InChI is InChI=1S/C20H28N2O3/c1-4-6-9-15(5-2)19(23)21-14(3)12-16-13-22(20(24)25)18-11-8-7-10-17(16)18/h7-8,10-11,13-15H,4-6,9,12H2,1-3H3,(H,21,23)(H,24,25)/t14-,15?/m1/s1. The maximum atomic E-state index is 12.4. The lowest BCUT2D eigenvalue weighted by molar-refractivity contribution is -0.125. The maximum Gasteiger partial charge on any atom is 0.416 e. The number of carbonyl (C=O) groups is 2. The highest BCUT2D eigenvalue weighted by Crippen LogP contribution is 2.22. The van der Waals surface area contributed by atoms with Gasteiger partial charge in [0.25, 0.3) is 0 Å². The zero-order valence-electron chi connectivity index (χ0n) is 15.3. The third-order valence-corrected chi connectivity index (χ3v) is 4.69. The van der Waals surface area contributed by atoms with Crippen LogP contribution in [0.3, 0.4) is 0 Å². The molecule has 2 aromatic rings. The van der Waals surface area contributed by atoms with Gasteiger partial charge in [-0.1, -0.05) is 44.9 Å². The number of hydrogen-bond acceptors (Lipinski definition) is 2. The normalized spacial score (nSPS) is 13.6. The van der Waals surface area contributed by atoms with Crippen LogP contribution in [-0.2, 0) is 11.2 Å². The molecule has 5 heteroatoms. The highest BCUT2D eigenvalue weighted by molar-refractivity contribution is 5.91. The predicted octanol–water partition coefficient (Wildman–Crippen LogP) is 4.43. The van der Waals surface area contributed by atoms with Crippen LogP contribution in [0, 0.1) is 5.92 Å². The number of nitrogens with one attached hydrogen (secondary N) is 1. The summed E-state index contributed by atoms with van der Waals surface area (Å²) in [6.45, 7) is 6.15. The first-order chi connectivity index (χ1) is 12.0. The molecule has 1 heterocycles. The van der Waals surface area contributed by atoms with Crippen molar-refractivity contribution in [2.75, 3.05) is 0 Å². The number of fused-ring (bicyclic) bond motifs is 1. The van der Waals surface area contributed by atoms with E-state index in [2.05, 4.69) is 12.2 Å². The van der Waals surface area contributed by atoms with Gasteiger partial charge in [0.2, 0.25) is 5.91 Å². The van der Waals surface area contributed by atoms with E-state index in [-0.39, 0.29) is 17.9 Å². The Labute approximate surface area is 149 Å². The smallest absolute Gasteiger partial charge is 0.416 e. The summed E-state index contributed by atoms with van der Waals surface area (Å²) in [7, 11) is 0. The molecule has 2 atom stereocenters. The molecule has 1 aromatic heterocycles. The van der Waals surface area contributed by atoms with Crippen LogP contribution in [0.15, 0.2) is 30.5 Å². The SMILES string of the molecule is CCCCC(CC)C(=O)N[C@H](C)Cc1cn(C(=O)O)c2ccccc12. The zero-order valence-corrected chi connectivity index (χ0v) is 15.3. The molecule has 5 nitrogen and oxygen atoms in total. The fourth-order valence-electron chi connectivity index (χ4n) is 3.28. The summed E-state index contributed by atoms with van der Waals surface area (Å²) >= 11 is 0. The molecule has 1 aromatic carbocycles. The molecule has 136 valence electrons. The van der Waals surface area contributed by atoms with Crippen LogP contribution in [0.4, 0.5) is 4.79 Å². The van der Waals surface area contributed by atoms with Crippen molar-refractivity contribution in [2.45, 2.75) is 58.9 Å². The molecule has 0 saturated carbocycles. The van der Waals surface area contributed by atoms with Crippen molar-refractivity contribution in [1.29, 1.82) is 0 Å². The molecule has 0 aliphatic rings. The molecule has 0 bridgehead atoms. The van der Waals surface area contributed by atoms with E-state index in [0.29, 0.717) is 11.9 Å². The fourth-order valence-corrected chi connectivity index (χ4v) is 3.28. The second-order valence-corrected chi connectivity index (χ2v) is 6.69. The van der Waals surface area contributed by atoms with Crippen LogP contribution < -0.4 is 5.32 Å². The molecule has 25 heavy (non-hydrogen) atoms.